The van der Waals surface area contributed by atoms with Gasteiger partial charge in [-0.25, -0.2) is 13.1 Å². The lowest BCUT2D eigenvalue weighted by Crippen LogP contribution is -2.38. The molecule has 0 aliphatic carbocycles. The van der Waals surface area contributed by atoms with Crippen LogP contribution in [0, 0.1) is 19.8 Å². The highest BCUT2D eigenvalue weighted by Crippen LogP contribution is 2.26. The van der Waals surface area contributed by atoms with Crippen LogP contribution in [0.1, 0.15) is 24.0 Å². The lowest BCUT2D eigenvalue weighted by Gasteiger charge is -2.23. The second-order valence-electron chi connectivity index (χ2n) is 5.65. The molecule has 0 amide bonds. The zero-order valence-corrected chi connectivity index (χ0v) is 14.9. The Bertz CT molecular complexity index is 576. The molecule has 1 aliphatic heterocycles. The van der Waals surface area contributed by atoms with Crippen molar-refractivity contribution in [2.45, 2.75) is 31.6 Å². The van der Waals surface area contributed by atoms with Crippen LogP contribution in [0.3, 0.4) is 0 Å². The maximum Gasteiger partial charge on any atom is 0.240 e. The Morgan fingerprint density at radius 1 is 1.32 bits per heavy atom. The normalized spacial score (nSPS) is 18.6. The number of hydrogen-bond donors (Lipinski definition) is 2. The fraction of sp³-hybridized carbons (Fsp3) is 0.600. The standard InChI is InChI=1S/C15H24N2O3S.ClH/c1-11-7-14(8-12(2)15(11)20-3)21(18,19)17-10-13-5-4-6-16-9-13;/h7-8,13,16-17H,4-6,9-10H2,1-3H3;1H. The molecule has 1 fully saturated rings. The minimum absolute atomic E-state index is 0. The molecule has 2 rings (SSSR count). The number of nitrogens with one attached hydrogen (secondary N) is 2. The van der Waals surface area contributed by atoms with Gasteiger partial charge in [-0.2, -0.15) is 0 Å². The zero-order valence-electron chi connectivity index (χ0n) is 13.3. The van der Waals surface area contributed by atoms with E-state index in [9.17, 15) is 8.42 Å². The molecular weight excluding hydrogens is 324 g/mol. The Kier molecular flexibility index (Phi) is 7.12. The summed E-state index contributed by atoms with van der Waals surface area (Å²) in [5, 5.41) is 3.29. The Morgan fingerprint density at radius 3 is 2.45 bits per heavy atom. The van der Waals surface area contributed by atoms with Crippen molar-refractivity contribution in [3.05, 3.63) is 23.3 Å². The third-order valence-electron chi connectivity index (χ3n) is 3.91. The van der Waals surface area contributed by atoms with Gasteiger partial charge < -0.3 is 10.1 Å². The number of ether oxygens (including phenoxy) is 1. The zero-order chi connectivity index (χ0) is 15.5. The van der Waals surface area contributed by atoms with Crippen molar-refractivity contribution < 1.29 is 13.2 Å². The second kappa shape index (κ2) is 8.15. The summed E-state index contributed by atoms with van der Waals surface area (Å²) >= 11 is 0. The summed E-state index contributed by atoms with van der Waals surface area (Å²) in [4.78, 5) is 0.307. The predicted octanol–water partition coefficient (Wildman–Crippen LogP) is 2.01. The van der Waals surface area contributed by atoms with E-state index in [4.69, 9.17) is 4.74 Å². The van der Waals surface area contributed by atoms with Crippen LogP contribution in [0.25, 0.3) is 0 Å². The molecule has 126 valence electrons. The molecule has 1 heterocycles. The summed E-state index contributed by atoms with van der Waals surface area (Å²) in [6.07, 6.45) is 2.17. The molecule has 2 N–H and O–H groups in total. The average molecular weight is 349 g/mol. The highest BCUT2D eigenvalue weighted by Gasteiger charge is 2.20. The maximum absolute atomic E-state index is 12.4. The van der Waals surface area contributed by atoms with E-state index < -0.39 is 10.0 Å². The minimum atomic E-state index is -3.46. The van der Waals surface area contributed by atoms with Gasteiger partial charge in [0.15, 0.2) is 0 Å². The number of methoxy groups -OCH3 is 1. The number of rotatable bonds is 5. The molecule has 7 heteroatoms. The van der Waals surface area contributed by atoms with Crippen LogP contribution in [0.5, 0.6) is 5.75 Å². The van der Waals surface area contributed by atoms with Gasteiger partial charge in [-0.3, -0.25) is 0 Å². The van der Waals surface area contributed by atoms with Gasteiger partial charge in [-0.1, -0.05) is 0 Å². The Labute approximate surface area is 139 Å². The van der Waals surface area contributed by atoms with E-state index in [0.29, 0.717) is 17.4 Å². The fourth-order valence-electron chi connectivity index (χ4n) is 2.80. The Balaban J connectivity index is 0.00000242. The highest BCUT2D eigenvalue weighted by molar-refractivity contribution is 7.89. The first kappa shape index (κ1) is 19.2. The summed E-state index contributed by atoms with van der Waals surface area (Å²) in [7, 11) is -1.87. The molecule has 0 bridgehead atoms. The number of hydrogen-bond acceptors (Lipinski definition) is 4. The molecule has 1 unspecified atom stereocenters. The van der Waals surface area contributed by atoms with Crippen molar-refractivity contribution in [2.75, 3.05) is 26.7 Å². The third kappa shape index (κ3) is 4.59. The molecule has 0 spiro atoms. The highest BCUT2D eigenvalue weighted by atomic mass is 35.5. The van der Waals surface area contributed by atoms with Crippen molar-refractivity contribution in [1.29, 1.82) is 0 Å². The van der Waals surface area contributed by atoms with Crippen molar-refractivity contribution >= 4 is 22.4 Å². The molecule has 0 saturated carbocycles. The van der Waals surface area contributed by atoms with Crippen molar-refractivity contribution in [3.8, 4) is 5.75 Å². The van der Waals surface area contributed by atoms with Gasteiger partial charge in [-0.15, -0.1) is 12.4 Å². The number of sulfonamides is 1. The van der Waals surface area contributed by atoms with Crippen LogP contribution in [-0.4, -0.2) is 35.2 Å². The van der Waals surface area contributed by atoms with E-state index in [2.05, 4.69) is 10.0 Å². The van der Waals surface area contributed by atoms with Crippen LogP contribution in [-0.2, 0) is 10.0 Å². The quantitative estimate of drug-likeness (QED) is 0.854. The second-order valence-corrected chi connectivity index (χ2v) is 7.42. The topological polar surface area (TPSA) is 67.4 Å². The molecule has 1 atom stereocenters. The van der Waals surface area contributed by atoms with Crippen LogP contribution < -0.4 is 14.8 Å². The number of aryl methyl sites for hydroxylation is 2. The smallest absolute Gasteiger partial charge is 0.240 e. The average Bonchev–Trinajstić information content (AvgIpc) is 2.46. The van der Waals surface area contributed by atoms with Gasteiger partial charge in [0.2, 0.25) is 10.0 Å². The van der Waals surface area contributed by atoms with Gasteiger partial charge in [0, 0.05) is 6.54 Å². The number of halogens is 1. The van der Waals surface area contributed by atoms with Gasteiger partial charge in [0.1, 0.15) is 5.75 Å². The van der Waals surface area contributed by atoms with Crippen LogP contribution in [0.2, 0.25) is 0 Å². The monoisotopic (exact) mass is 348 g/mol. The first-order valence-electron chi connectivity index (χ1n) is 7.29. The molecule has 22 heavy (non-hydrogen) atoms. The maximum atomic E-state index is 12.4. The molecule has 1 aromatic carbocycles. The summed E-state index contributed by atoms with van der Waals surface area (Å²) < 4.78 is 32.8. The first-order chi connectivity index (χ1) is 9.94. The molecule has 1 aromatic rings. The summed E-state index contributed by atoms with van der Waals surface area (Å²) in [6.45, 7) is 6.11. The molecule has 5 nitrogen and oxygen atoms in total. The van der Waals surface area contributed by atoms with Crippen LogP contribution in [0.15, 0.2) is 17.0 Å². The lowest BCUT2D eigenvalue weighted by atomic mass is 10.0. The fourth-order valence-corrected chi connectivity index (χ4v) is 4.08. The van der Waals surface area contributed by atoms with E-state index in [0.717, 1.165) is 42.8 Å². The van der Waals surface area contributed by atoms with Crippen molar-refractivity contribution in [1.82, 2.24) is 10.0 Å². The van der Waals surface area contributed by atoms with E-state index in [1.165, 1.54) is 0 Å². The lowest BCUT2D eigenvalue weighted by molar-refractivity contribution is 0.376. The van der Waals surface area contributed by atoms with E-state index in [1.807, 2.05) is 13.8 Å². The van der Waals surface area contributed by atoms with Crippen LogP contribution in [0.4, 0.5) is 0 Å². The van der Waals surface area contributed by atoms with Crippen molar-refractivity contribution in [2.24, 2.45) is 5.92 Å². The minimum Gasteiger partial charge on any atom is -0.496 e. The van der Waals surface area contributed by atoms with E-state index >= 15 is 0 Å². The SMILES string of the molecule is COc1c(C)cc(S(=O)(=O)NCC2CCCNC2)cc1C.Cl. The van der Waals surface area contributed by atoms with Crippen LogP contribution >= 0.6 is 12.4 Å². The Morgan fingerprint density at radius 2 is 1.95 bits per heavy atom. The van der Waals surface area contributed by atoms with Gasteiger partial charge in [-0.05, 0) is 69.0 Å². The summed E-state index contributed by atoms with van der Waals surface area (Å²) in [6, 6.07) is 3.32. The number of benzene rings is 1. The molecule has 1 aliphatic rings. The van der Waals surface area contributed by atoms with Gasteiger partial charge in [0.25, 0.3) is 0 Å². The van der Waals surface area contributed by atoms with E-state index in [1.54, 1.807) is 19.2 Å². The van der Waals surface area contributed by atoms with Gasteiger partial charge >= 0.3 is 0 Å². The Hall–Kier alpha value is -0.820. The predicted molar refractivity (Wildman–Crippen MR) is 90.5 cm³/mol. The molecule has 0 radical (unpaired) electrons. The molecule has 0 aromatic heterocycles. The largest absolute Gasteiger partial charge is 0.496 e. The molecule has 1 saturated heterocycles. The summed E-state index contributed by atoms with van der Waals surface area (Å²) in [5.74, 6) is 1.11. The van der Waals surface area contributed by atoms with E-state index in [-0.39, 0.29) is 12.4 Å². The van der Waals surface area contributed by atoms with Crippen molar-refractivity contribution in [3.63, 3.8) is 0 Å². The molecular formula is C15H25ClN2O3S. The third-order valence-corrected chi connectivity index (χ3v) is 5.31. The number of piperidine rings is 1. The first-order valence-corrected chi connectivity index (χ1v) is 8.78. The van der Waals surface area contributed by atoms with Gasteiger partial charge in [0.05, 0.1) is 12.0 Å². The summed E-state index contributed by atoms with van der Waals surface area (Å²) in [5.41, 5.74) is 1.66.